The SMILES string of the molecule is CC(C)(NCc1ccccc1CC(=O)O)c1nccs1. The van der Waals surface area contributed by atoms with Crippen LogP contribution >= 0.6 is 11.3 Å². The van der Waals surface area contributed by atoms with E-state index in [4.69, 9.17) is 5.11 Å². The summed E-state index contributed by atoms with van der Waals surface area (Å²) in [7, 11) is 0. The van der Waals surface area contributed by atoms with E-state index in [1.165, 1.54) is 0 Å². The molecule has 0 amide bonds. The lowest BCUT2D eigenvalue weighted by molar-refractivity contribution is -0.136. The van der Waals surface area contributed by atoms with Crippen LogP contribution in [0.5, 0.6) is 0 Å². The normalized spacial score (nSPS) is 11.5. The van der Waals surface area contributed by atoms with Gasteiger partial charge in [-0.05, 0) is 25.0 Å². The van der Waals surface area contributed by atoms with Gasteiger partial charge in [0.05, 0.1) is 12.0 Å². The summed E-state index contributed by atoms with van der Waals surface area (Å²) in [5.41, 5.74) is 1.63. The topological polar surface area (TPSA) is 62.2 Å². The highest BCUT2D eigenvalue weighted by Gasteiger charge is 2.22. The van der Waals surface area contributed by atoms with Gasteiger partial charge in [-0.2, -0.15) is 0 Å². The smallest absolute Gasteiger partial charge is 0.307 e. The first kappa shape index (κ1) is 14.7. The second-order valence-electron chi connectivity index (χ2n) is 5.16. The first-order valence-electron chi connectivity index (χ1n) is 6.42. The Kier molecular flexibility index (Phi) is 4.52. The molecule has 20 heavy (non-hydrogen) atoms. The summed E-state index contributed by atoms with van der Waals surface area (Å²) in [5.74, 6) is -0.809. The van der Waals surface area contributed by atoms with Gasteiger partial charge in [0.1, 0.15) is 5.01 Å². The number of hydrogen-bond donors (Lipinski definition) is 2. The summed E-state index contributed by atoms with van der Waals surface area (Å²) in [6, 6.07) is 7.62. The lowest BCUT2D eigenvalue weighted by Gasteiger charge is -2.24. The number of benzene rings is 1. The Morgan fingerprint density at radius 3 is 2.65 bits per heavy atom. The van der Waals surface area contributed by atoms with E-state index in [2.05, 4.69) is 24.1 Å². The molecule has 2 N–H and O–H groups in total. The fourth-order valence-electron chi connectivity index (χ4n) is 1.99. The van der Waals surface area contributed by atoms with E-state index in [1.54, 1.807) is 17.5 Å². The molecule has 0 spiro atoms. The lowest BCUT2D eigenvalue weighted by Crippen LogP contribution is -2.36. The monoisotopic (exact) mass is 290 g/mol. The average Bonchev–Trinajstić information content (AvgIpc) is 2.92. The van der Waals surface area contributed by atoms with Crippen LogP contribution in [-0.2, 0) is 23.3 Å². The van der Waals surface area contributed by atoms with Crippen LogP contribution in [0.15, 0.2) is 35.8 Å². The number of nitrogens with zero attached hydrogens (tertiary/aromatic N) is 1. The zero-order chi connectivity index (χ0) is 14.6. The van der Waals surface area contributed by atoms with Crippen LogP contribution in [0.1, 0.15) is 30.0 Å². The molecular formula is C15H18N2O2S. The van der Waals surface area contributed by atoms with Crippen LogP contribution in [0.2, 0.25) is 0 Å². The third-order valence-electron chi connectivity index (χ3n) is 3.15. The van der Waals surface area contributed by atoms with Crippen molar-refractivity contribution in [2.75, 3.05) is 0 Å². The van der Waals surface area contributed by atoms with Crippen LogP contribution in [0.4, 0.5) is 0 Å². The third kappa shape index (κ3) is 3.65. The Balaban J connectivity index is 2.09. The Hall–Kier alpha value is -1.72. The van der Waals surface area contributed by atoms with Gasteiger partial charge in [-0.3, -0.25) is 4.79 Å². The fraction of sp³-hybridized carbons (Fsp3) is 0.333. The molecule has 5 heteroatoms. The number of aliphatic carboxylic acids is 1. The maximum absolute atomic E-state index is 10.9. The van der Waals surface area contributed by atoms with Crippen molar-refractivity contribution in [3.63, 3.8) is 0 Å². The molecule has 0 aliphatic carbocycles. The molecule has 1 heterocycles. The van der Waals surface area contributed by atoms with Crippen LogP contribution in [0.25, 0.3) is 0 Å². The predicted octanol–water partition coefficient (Wildman–Crippen LogP) is 2.80. The first-order chi connectivity index (χ1) is 9.49. The molecule has 0 saturated carbocycles. The molecule has 0 saturated heterocycles. The molecule has 2 aromatic rings. The Morgan fingerprint density at radius 2 is 2.05 bits per heavy atom. The summed E-state index contributed by atoms with van der Waals surface area (Å²) in [6.07, 6.45) is 1.84. The van der Waals surface area contributed by atoms with Crippen molar-refractivity contribution in [2.24, 2.45) is 0 Å². The van der Waals surface area contributed by atoms with E-state index in [9.17, 15) is 4.79 Å². The van der Waals surface area contributed by atoms with Crippen molar-refractivity contribution in [1.29, 1.82) is 0 Å². The van der Waals surface area contributed by atoms with Crippen LogP contribution in [-0.4, -0.2) is 16.1 Å². The molecule has 0 aliphatic rings. The summed E-state index contributed by atoms with van der Waals surface area (Å²) in [5, 5.41) is 15.4. The maximum atomic E-state index is 10.9. The molecule has 1 aromatic carbocycles. The van der Waals surface area contributed by atoms with Gasteiger partial charge in [0.25, 0.3) is 0 Å². The minimum atomic E-state index is -0.809. The number of hydrogen-bond acceptors (Lipinski definition) is 4. The highest BCUT2D eigenvalue weighted by Crippen LogP contribution is 2.23. The van der Waals surface area contributed by atoms with Gasteiger partial charge < -0.3 is 10.4 Å². The molecule has 0 radical (unpaired) electrons. The Labute approximate surface area is 122 Å². The van der Waals surface area contributed by atoms with Gasteiger partial charge in [0, 0.05) is 18.1 Å². The quantitative estimate of drug-likeness (QED) is 0.858. The molecule has 106 valence electrons. The summed E-state index contributed by atoms with van der Waals surface area (Å²) in [4.78, 5) is 15.2. The summed E-state index contributed by atoms with van der Waals surface area (Å²) < 4.78 is 0. The summed E-state index contributed by atoms with van der Waals surface area (Å²) in [6.45, 7) is 4.77. The van der Waals surface area contributed by atoms with Gasteiger partial charge in [0.2, 0.25) is 0 Å². The van der Waals surface area contributed by atoms with Crippen molar-refractivity contribution in [2.45, 2.75) is 32.4 Å². The van der Waals surface area contributed by atoms with Crippen LogP contribution in [0.3, 0.4) is 0 Å². The van der Waals surface area contributed by atoms with E-state index in [-0.39, 0.29) is 12.0 Å². The fourth-order valence-corrected chi connectivity index (χ4v) is 2.73. The molecule has 4 nitrogen and oxygen atoms in total. The van der Waals surface area contributed by atoms with E-state index >= 15 is 0 Å². The van der Waals surface area contributed by atoms with Gasteiger partial charge in [0.15, 0.2) is 0 Å². The highest BCUT2D eigenvalue weighted by molar-refractivity contribution is 7.09. The van der Waals surface area contributed by atoms with Crippen LogP contribution in [0, 0.1) is 0 Å². The zero-order valence-corrected chi connectivity index (χ0v) is 12.4. The van der Waals surface area contributed by atoms with Gasteiger partial charge in [-0.15, -0.1) is 11.3 Å². The third-order valence-corrected chi connectivity index (χ3v) is 4.24. The molecule has 0 fully saturated rings. The van der Waals surface area contributed by atoms with Crippen LogP contribution < -0.4 is 5.32 Å². The average molecular weight is 290 g/mol. The number of rotatable bonds is 6. The maximum Gasteiger partial charge on any atom is 0.307 e. The number of carboxylic acid groups (broad SMARTS) is 1. The predicted molar refractivity (Wildman–Crippen MR) is 79.8 cm³/mol. The van der Waals surface area contributed by atoms with Gasteiger partial charge in [-0.1, -0.05) is 24.3 Å². The molecule has 0 aliphatic heterocycles. The largest absolute Gasteiger partial charge is 0.481 e. The zero-order valence-electron chi connectivity index (χ0n) is 11.6. The van der Waals surface area contributed by atoms with Crippen molar-refractivity contribution >= 4 is 17.3 Å². The molecular weight excluding hydrogens is 272 g/mol. The molecule has 1 aromatic heterocycles. The Bertz CT molecular complexity index is 579. The van der Waals surface area contributed by atoms with Crippen molar-refractivity contribution < 1.29 is 9.90 Å². The second-order valence-corrected chi connectivity index (χ2v) is 6.05. The Morgan fingerprint density at radius 1 is 1.35 bits per heavy atom. The minimum Gasteiger partial charge on any atom is -0.481 e. The van der Waals surface area contributed by atoms with Crippen molar-refractivity contribution in [3.8, 4) is 0 Å². The van der Waals surface area contributed by atoms with Crippen molar-refractivity contribution in [1.82, 2.24) is 10.3 Å². The molecule has 0 bridgehead atoms. The number of thiazole rings is 1. The highest BCUT2D eigenvalue weighted by atomic mass is 32.1. The van der Waals surface area contributed by atoms with E-state index in [0.29, 0.717) is 6.54 Å². The number of nitrogens with one attached hydrogen (secondary N) is 1. The number of carboxylic acids is 1. The standard InChI is InChI=1S/C15H18N2O2S/c1-15(2,14-16-7-8-20-14)17-10-12-6-4-3-5-11(12)9-13(18)19/h3-8,17H,9-10H2,1-2H3,(H,18,19). The molecule has 2 rings (SSSR count). The minimum absolute atomic E-state index is 0.0511. The van der Waals surface area contributed by atoms with Crippen molar-refractivity contribution in [3.05, 3.63) is 52.0 Å². The van der Waals surface area contributed by atoms with E-state index in [0.717, 1.165) is 16.1 Å². The van der Waals surface area contributed by atoms with E-state index in [1.807, 2.05) is 29.6 Å². The van der Waals surface area contributed by atoms with Gasteiger partial charge >= 0.3 is 5.97 Å². The first-order valence-corrected chi connectivity index (χ1v) is 7.30. The van der Waals surface area contributed by atoms with E-state index < -0.39 is 5.97 Å². The molecule has 0 atom stereocenters. The van der Waals surface area contributed by atoms with Gasteiger partial charge in [-0.25, -0.2) is 4.98 Å². The lowest BCUT2D eigenvalue weighted by atomic mass is 10.0. The second kappa shape index (κ2) is 6.15. The number of aromatic nitrogens is 1. The number of carbonyl (C=O) groups is 1. The molecule has 0 unspecified atom stereocenters. The summed E-state index contributed by atoms with van der Waals surface area (Å²) >= 11 is 1.61.